The molecule has 0 aromatic carbocycles. The van der Waals surface area contributed by atoms with Crippen molar-refractivity contribution >= 4 is 30.3 Å². The molecule has 0 radical (unpaired) electrons. The van der Waals surface area contributed by atoms with Crippen molar-refractivity contribution in [2.24, 2.45) is 17.8 Å². The summed E-state index contributed by atoms with van der Waals surface area (Å²) in [6, 6.07) is -0.432. The van der Waals surface area contributed by atoms with Crippen molar-refractivity contribution in [3.63, 3.8) is 0 Å². The first kappa shape index (κ1) is 21.0. The van der Waals surface area contributed by atoms with Crippen molar-refractivity contribution < 1.29 is 19.5 Å². The van der Waals surface area contributed by atoms with E-state index in [0.717, 1.165) is 43.4 Å². The number of hydrogen-bond donors (Lipinski definition) is 3. The van der Waals surface area contributed by atoms with Crippen molar-refractivity contribution in [2.45, 2.75) is 57.4 Å². The second kappa shape index (κ2) is 8.57. The number of carboxylic acids is 1. The maximum Gasteiger partial charge on any atom is 0.321 e. The van der Waals surface area contributed by atoms with E-state index in [1.54, 1.807) is 0 Å². The Labute approximate surface area is 160 Å². The van der Waals surface area contributed by atoms with Gasteiger partial charge in [0, 0.05) is 5.54 Å². The number of carbonyl (C=O) groups excluding carboxylic acids is 2. The van der Waals surface area contributed by atoms with E-state index in [9.17, 15) is 14.4 Å². The molecule has 4 saturated carbocycles. The molecule has 0 aromatic rings. The summed E-state index contributed by atoms with van der Waals surface area (Å²) in [4.78, 5) is 36.8. The summed E-state index contributed by atoms with van der Waals surface area (Å²) in [6.07, 6.45) is 7.72. The Morgan fingerprint density at radius 1 is 1.04 bits per heavy atom. The van der Waals surface area contributed by atoms with Crippen LogP contribution in [0.2, 0.25) is 0 Å². The zero-order chi connectivity index (χ0) is 18.0. The van der Waals surface area contributed by atoms with E-state index in [2.05, 4.69) is 10.6 Å². The van der Waals surface area contributed by atoms with Gasteiger partial charge in [-0.3, -0.25) is 19.8 Å². The average Bonchev–Trinajstić information content (AvgIpc) is 2.43. The number of carboxylic acid groups (broad SMARTS) is 1. The van der Waals surface area contributed by atoms with Crippen molar-refractivity contribution in [2.75, 3.05) is 19.6 Å². The van der Waals surface area contributed by atoms with Gasteiger partial charge in [0.05, 0.1) is 13.1 Å². The van der Waals surface area contributed by atoms with E-state index in [1.807, 2.05) is 6.92 Å². The van der Waals surface area contributed by atoms with E-state index in [4.69, 9.17) is 5.11 Å². The predicted octanol–water partition coefficient (Wildman–Crippen LogP) is 2.00. The Morgan fingerprint density at radius 3 is 2.04 bits per heavy atom. The molecule has 3 N–H and O–H groups in total. The van der Waals surface area contributed by atoms with Gasteiger partial charge in [-0.25, -0.2) is 4.79 Å². The van der Waals surface area contributed by atoms with Crippen LogP contribution in [0.4, 0.5) is 4.79 Å². The van der Waals surface area contributed by atoms with E-state index in [0.29, 0.717) is 6.54 Å². The molecule has 4 aliphatic rings. The standard InChI is InChI=1S/C18H29N3O4.ClH/c1-2-3-21(11-16(23)24)10-15(22)19-17(25)20-18-7-12-4-13(8-18)6-14(5-12)9-18;/h12-14H,2-11H2,1H3,(H,23,24)(H2,19,20,22,25);1H. The third-order valence-electron chi connectivity index (χ3n) is 5.94. The lowest BCUT2D eigenvalue weighted by Crippen LogP contribution is -2.62. The molecule has 8 heteroatoms. The molecule has 0 atom stereocenters. The number of hydrogen-bond acceptors (Lipinski definition) is 4. The van der Waals surface area contributed by atoms with Gasteiger partial charge in [-0.15, -0.1) is 12.4 Å². The van der Waals surface area contributed by atoms with Crippen LogP contribution in [0.5, 0.6) is 0 Å². The number of imide groups is 1. The van der Waals surface area contributed by atoms with E-state index < -0.39 is 17.9 Å². The molecule has 0 aliphatic heterocycles. The Kier molecular flexibility index (Phi) is 6.91. The van der Waals surface area contributed by atoms with Crippen molar-refractivity contribution in [3.05, 3.63) is 0 Å². The molecule has 7 nitrogen and oxygen atoms in total. The van der Waals surface area contributed by atoms with Gasteiger partial charge in [0.2, 0.25) is 5.91 Å². The van der Waals surface area contributed by atoms with Crippen LogP contribution in [-0.2, 0) is 9.59 Å². The minimum Gasteiger partial charge on any atom is -0.480 e. The van der Waals surface area contributed by atoms with E-state index in [-0.39, 0.29) is 31.0 Å². The molecule has 4 bridgehead atoms. The molecule has 0 unspecified atom stereocenters. The quantitative estimate of drug-likeness (QED) is 0.620. The molecule has 148 valence electrons. The second-order valence-electron chi connectivity index (χ2n) is 8.30. The molecule has 0 heterocycles. The molecule has 0 aromatic heterocycles. The predicted molar refractivity (Wildman–Crippen MR) is 99.2 cm³/mol. The molecule has 4 aliphatic carbocycles. The third kappa shape index (κ3) is 5.10. The average molecular weight is 388 g/mol. The first-order valence-electron chi connectivity index (χ1n) is 9.43. The first-order valence-corrected chi connectivity index (χ1v) is 9.43. The van der Waals surface area contributed by atoms with Crippen molar-refractivity contribution in [3.8, 4) is 0 Å². The van der Waals surface area contributed by atoms with Crippen LogP contribution in [0.25, 0.3) is 0 Å². The maximum absolute atomic E-state index is 12.3. The number of amides is 3. The highest BCUT2D eigenvalue weighted by Crippen LogP contribution is 2.55. The number of rotatable bonds is 7. The summed E-state index contributed by atoms with van der Waals surface area (Å²) >= 11 is 0. The van der Waals surface area contributed by atoms with Gasteiger partial charge >= 0.3 is 12.0 Å². The summed E-state index contributed by atoms with van der Waals surface area (Å²) in [7, 11) is 0. The van der Waals surface area contributed by atoms with Gasteiger partial charge in [0.1, 0.15) is 0 Å². The summed E-state index contributed by atoms with van der Waals surface area (Å²) in [5.74, 6) is 0.741. The van der Waals surface area contributed by atoms with Crippen molar-refractivity contribution in [1.82, 2.24) is 15.5 Å². The highest BCUT2D eigenvalue weighted by atomic mass is 35.5. The van der Waals surface area contributed by atoms with Crippen LogP contribution in [-0.4, -0.2) is 53.1 Å². The highest BCUT2D eigenvalue weighted by molar-refractivity contribution is 5.95. The fraction of sp³-hybridized carbons (Fsp3) is 0.833. The smallest absolute Gasteiger partial charge is 0.321 e. The normalized spacial score (nSPS) is 31.4. The number of urea groups is 1. The van der Waals surface area contributed by atoms with Gasteiger partial charge in [-0.2, -0.15) is 0 Å². The SMILES string of the molecule is CCCN(CC(=O)O)CC(=O)NC(=O)NC12CC3CC(CC(C3)C1)C2.Cl. The molecule has 4 rings (SSSR count). The van der Waals surface area contributed by atoms with Crippen LogP contribution >= 0.6 is 12.4 Å². The number of halogens is 1. The Bertz CT molecular complexity index is 519. The fourth-order valence-corrected chi connectivity index (χ4v) is 5.63. The minimum absolute atomic E-state index is 0. The van der Waals surface area contributed by atoms with Crippen LogP contribution in [0, 0.1) is 17.8 Å². The number of aliphatic carboxylic acids is 1. The zero-order valence-electron chi connectivity index (χ0n) is 15.3. The summed E-state index contributed by atoms with van der Waals surface area (Å²) in [5.41, 5.74) is -0.136. The lowest BCUT2D eigenvalue weighted by atomic mass is 9.53. The molecular weight excluding hydrogens is 358 g/mol. The van der Waals surface area contributed by atoms with E-state index >= 15 is 0 Å². The number of nitrogens with zero attached hydrogens (tertiary/aromatic N) is 1. The summed E-state index contributed by atoms with van der Waals surface area (Å²) in [6.45, 7) is 2.16. The van der Waals surface area contributed by atoms with Crippen LogP contribution < -0.4 is 10.6 Å². The van der Waals surface area contributed by atoms with Gasteiger partial charge in [-0.05, 0) is 69.2 Å². The minimum atomic E-state index is -0.973. The Hall–Kier alpha value is -1.34. The first-order chi connectivity index (χ1) is 11.9. The largest absolute Gasteiger partial charge is 0.480 e. The maximum atomic E-state index is 12.3. The fourth-order valence-electron chi connectivity index (χ4n) is 5.63. The summed E-state index contributed by atoms with van der Waals surface area (Å²) < 4.78 is 0. The highest BCUT2D eigenvalue weighted by Gasteiger charge is 2.51. The number of nitrogens with one attached hydrogen (secondary N) is 2. The topological polar surface area (TPSA) is 98.7 Å². The molecule has 26 heavy (non-hydrogen) atoms. The van der Waals surface area contributed by atoms with Crippen molar-refractivity contribution in [1.29, 1.82) is 0 Å². The molecule has 3 amide bonds. The Balaban J connectivity index is 0.00000243. The van der Waals surface area contributed by atoms with Crippen LogP contribution in [0.1, 0.15) is 51.9 Å². The monoisotopic (exact) mass is 387 g/mol. The Morgan fingerprint density at radius 2 is 1.58 bits per heavy atom. The lowest BCUT2D eigenvalue weighted by molar-refractivity contribution is -0.138. The lowest BCUT2D eigenvalue weighted by Gasteiger charge is -2.56. The van der Waals surface area contributed by atoms with Gasteiger partial charge in [0.15, 0.2) is 0 Å². The van der Waals surface area contributed by atoms with Crippen LogP contribution in [0.15, 0.2) is 0 Å². The zero-order valence-corrected chi connectivity index (χ0v) is 16.1. The van der Waals surface area contributed by atoms with Gasteiger partial charge in [-0.1, -0.05) is 6.92 Å². The third-order valence-corrected chi connectivity index (χ3v) is 5.94. The molecule has 0 spiro atoms. The van der Waals surface area contributed by atoms with Crippen LogP contribution in [0.3, 0.4) is 0 Å². The molecule has 0 saturated heterocycles. The summed E-state index contributed by atoms with van der Waals surface area (Å²) in [5, 5.41) is 14.4. The molecule has 4 fully saturated rings. The van der Waals surface area contributed by atoms with Gasteiger partial charge in [0.25, 0.3) is 0 Å². The van der Waals surface area contributed by atoms with E-state index in [1.165, 1.54) is 24.2 Å². The molecular formula is C18H30ClN3O4. The second-order valence-corrected chi connectivity index (χ2v) is 8.30. The van der Waals surface area contributed by atoms with Gasteiger partial charge < -0.3 is 10.4 Å². The number of carbonyl (C=O) groups is 3.